The summed E-state index contributed by atoms with van der Waals surface area (Å²) in [6.45, 7) is 4.68. The average molecular weight is 475 g/mol. The first kappa shape index (κ1) is 24.0. The number of carbonyl (C=O) groups is 1. The highest BCUT2D eigenvalue weighted by Gasteiger charge is 2.24. The minimum atomic E-state index is -3.71. The Morgan fingerprint density at radius 2 is 1.84 bits per heavy atom. The van der Waals surface area contributed by atoms with Crippen LogP contribution in [0.1, 0.15) is 18.9 Å². The Labute approximate surface area is 193 Å². The number of hydrogen-bond donors (Lipinski definition) is 2. The average Bonchev–Trinajstić information content (AvgIpc) is 2.77. The molecule has 0 spiro atoms. The molecule has 0 unspecified atom stereocenters. The first-order valence-electron chi connectivity index (χ1n) is 10.4. The van der Waals surface area contributed by atoms with Crippen LogP contribution in [-0.4, -0.2) is 49.8 Å². The summed E-state index contributed by atoms with van der Waals surface area (Å²) in [4.78, 5) is 16.8. The molecular weight excluding hydrogens is 448 g/mol. The molecule has 0 atom stereocenters. The van der Waals surface area contributed by atoms with Gasteiger partial charge in [-0.15, -0.1) is 0 Å². The summed E-state index contributed by atoms with van der Waals surface area (Å²) in [6.07, 6.45) is 2.40. The predicted molar refractivity (Wildman–Crippen MR) is 128 cm³/mol. The van der Waals surface area contributed by atoms with Gasteiger partial charge in [-0.2, -0.15) is 4.31 Å². The fraction of sp³-hybridized carbons (Fsp3) is 0.304. The number of hydrogen-bond acceptors (Lipinski definition) is 5. The van der Waals surface area contributed by atoms with Crippen LogP contribution in [0.2, 0.25) is 5.02 Å². The van der Waals surface area contributed by atoms with Crippen molar-refractivity contribution in [3.05, 3.63) is 65.3 Å². The predicted octanol–water partition coefficient (Wildman–Crippen LogP) is 3.83. The fourth-order valence-electron chi connectivity index (χ4n) is 3.26. The molecule has 170 valence electrons. The standard InChI is InChI=1S/C23H27ClN4O3S/c1-3-28(32(30,31)19-8-5-17(2)6-9-19)16-23(29)27-13-4-12-25-21-11-14-26-22-15-18(24)7-10-20(21)22/h5-11,14-15H,3-4,12-13,16H2,1-2H3,(H,25,26)(H,27,29). The topological polar surface area (TPSA) is 91.4 Å². The lowest BCUT2D eigenvalue weighted by Crippen LogP contribution is -2.41. The molecule has 9 heteroatoms. The normalized spacial score (nSPS) is 11.6. The van der Waals surface area contributed by atoms with Crippen LogP contribution in [0.15, 0.2) is 59.6 Å². The van der Waals surface area contributed by atoms with Crippen LogP contribution in [-0.2, 0) is 14.8 Å². The van der Waals surface area contributed by atoms with Gasteiger partial charge in [-0.25, -0.2) is 8.42 Å². The van der Waals surface area contributed by atoms with Gasteiger partial charge in [-0.1, -0.05) is 36.2 Å². The summed E-state index contributed by atoms with van der Waals surface area (Å²) in [5, 5.41) is 7.75. The smallest absolute Gasteiger partial charge is 0.243 e. The summed E-state index contributed by atoms with van der Waals surface area (Å²) >= 11 is 6.02. The summed E-state index contributed by atoms with van der Waals surface area (Å²) in [5.41, 5.74) is 2.73. The molecule has 0 saturated carbocycles. The fourth-order valence-corrected chi connectivity index (χ4v) is 4.83. The maximum absolute atomic E-state index is 12.8. The Balaban J connectivity index is 1.48. The molecule has 1 heterocycles. The molecule has 0 radical (unpaired) electrons. The molecular formula is C23H27ClN4O3S. The summed E-state index contributed by atoms with van der Waals surface area (Å²) < 4.78 is 26.8. The van der Waals surface area contributed by atoms with Crippen LogP contribution in [0, 0.1) is 6.92 Å². The number of pyridine rings is 1. The number of amides is 1. The molecule has 0 aliphatic rings. The summed E-state index contributed by atoms with van der Waals surface area (Å²) in [5.74, 6) is -0.327. The van der Waals surface area contributed by atoms with Gasteiger partial charge in [0.25, 0.3) is 0 Å². The minimum absolute atomic E-state index is 0.188. The molecule has 0 aliphatic heterocycles. The van der Waals surface area contributed by atoms with Gasteiger partial charge in [-0.3, -0.25) is 9.78 Å². The number of carbonyl (C=O) groups excluding carboxylic acids is 1. The van der Waals surface area contributed by atoms with Crippen molar-refractivity contribution >= 4 is 44.1 Å². The third-order valence-electron chi connectivity index (χ3n) is 5.03. The van der Waals surface area contributed by atoms with Crippen LogP contribution in [0.4, 0.5) is 5.69 Å². The molecule has 2 aromatic carbocycles. The second-order valence-electron chi connectivity index (χ2n) is 7.39. The number of aryl methyl sites for hydroxylation is 1. The van der Waals surface area contributed by atoms with Gasteiger partial charge in [0.15, 0.2) is 0 Å². The van der Waals surface area contributed by atoms with Gasteiger partial charge in [0.2, 0.25) is 15.9 Å². The number of benzene rings is 2. The number of nitrogens with one attached hydrogen (secondary N) is 2. The van der Waals surface area contributed by atoms with Crippen molar-refractivity contribution in [2.24, 2.45) is 0 Å². The van der Waals surface area contributed by atoms with Crippen molar-refractivity contribution in [1.82, 2.24) is 14.6 Å². The van der Waals surface area contributed by atoms with Gasteiger partial charge < -0.3 is 10.6 Å². The van der Waals surface area contributed by atoms with Crippen LogP contribution in [0.25, 0.3) is 10.9 Å². The van der Waals surface area contributed by atoms with E-state index in [1.54, 1.807) is 37.4 Å². The third kappa shape index (κ3) is 5.97. The largest absolute Gasteiger partial charge is 0.384 e. The zero-order valence-corrected chi connectivity index (χ0v) is 19.7. The van der Waals surface area contributed by atoms with E-state index in [4.69, 9.17) is 11.6 Å². The van der Waals surface area contributed by atoms with Crippen molar-refractivity contribution in [3.63, 3.8) is 0 Å². The van der Waals surface area contributed by atoms with E-state index < -0.39 is 10.0 Å². The van der Waals surface area contributed by atoms with E-state index in [2.05, 4.69) is 15.6 Å². The van der Waals surface area contributed by atoms with Gasteiger partial charge in [0.1, 0.15) is 0 Å². The maximum Gasteiger partial charge on any atom is 0.243 e. The van der Waals surface area contributed by atoms with E-state index in [-0.39, 0.29) is 23.9 Å². The van der Waals surface area contributed by atoms with Gasteiger partial charge in [-0.05, 0) is 49.7 Å². The Morgan fingerprint density at radius 3 is 2.56 bits per heavy atom. The second kappa shape index (κ2) is 10.8. The molecule has 1 amide bonds. The minimum Gasteiger partial charge on any atom is -0.384 e. The van der Waals surface area contributed by atoms with E-state index in [9.17, 15) is 13.2 Å². The number of aromatic nitrogens is 1. The number of rotatable bonds is 10. The second-order valence-corrected chi connectivity index (χ2v) is 9.77. The number of fused-ring (bicyclic) bond motifs is 1. The van der Waals surface area contributed by atoms with E-state index in [1.165, 1.54) is 4.31 Å². The molecule has 2 N–H and O–H groups in total. The molecule has 0 saturated heterocycles. The van der Waals surface area contributed by atoms with Gasteiger partial charge in [0, 0.05) is 41.9 Å². The number of nitrogens with zero attached hydrogens (tertiary/aromatic N) is 2. The quantitative estimate of drug-likeness (QED) is 0.436. The molecule has 1 aromatic heterocycles. The van der Waals surface area contributed by atoms with E-state index >= 15 is 0 Å². The van der Waals surface area contributed by atoms with Crippen molar-refractivity contribution in [3.8, 4) is 0 Å². The highest BCUT2D eigenvalue weighted by atomic mass is 35.5. The van der Waals surface area contributed by atoms with Gasteiger partial charge >= 0.3 is 0 Å². The highest BCUT2D eigenvalue weighted by Crippen LogP contribution is 2.24. The molecule has 7 nitrogen and oxygen atoms in total. The van der Waals surface area contributed by atoms with Crippen LogP contribution >= 0.6 is 11.6 Å². The zero-order valence-electron chi connectivity index (χ0n) is 18.1. The number of sulfonamides is 1. The molecule has 3 rings (SSSR count). The lowest BCUT2D eigenvalue weighted by atomic mass is 10.2. The molecule has 0 fully saturated rings. The lowest BCUT2D eigenvalue weighted by Gasteiger charge is -2.20. The lowest BCUT2D eigenvalue weighted by molar-refractivity contribution is -0.121. The van der Waals surface area contributed by atoms with Crippen molar-refractivity contribution < 1.29 is 13.2 Å². The van der Waals surface area contributed by atoms with Gasteiger partial charge in [0.05, 0.1) is 17.0 Å². The Hall–Kier alpha value is -2.68. The molecule has 3 aromatic rings. The monoisotopic (exact) mass is 474 g/mol. The summed E-state index contributed by atoms with van der Waals surface area (Å²) in [7, 11) is -3.71. The van der Waals surface area contributed by atoms with Crippen molar-refractivity contribution in [2.75, 3.05) is 31.5 Å². The molecule has 32 heavy (non-hydrogen) atoms. The van der Waals surface area contributed by atoms with Crippen LogP contribution in [0.5, 0.6) is 0 Å². The zero-order chi connectivity index (χ0) is 23.1. The van der Waals surface area contributed by atoms with Crippen molar-refractivity contribution in [1.29, 1.82) is 0 Å². The molecule has 0 aliphatic carbocycles. The number of anilines is 1. The van der Waals surface area contributed by atoms with Crippen molar-refractivity contribution in [2.45, 2.75) is 25.2 Å². The highest BCUT2D eigenvalue weighted by molar-refractivity contribution is 7.89. The molecule has 0 bridgehead atoms. The Morgan fingerprint density at radius 1 is 1.09 bits per heavy atom. The van der Waals surface area contributed by atoms with E-state index in [0.29, 0.717) is 24.5 Å². The number of likely N-dealkylation sites (N-methyl/N-ethyl adjacent to an activating group) is 1. The first-order valence-corrected chi connectivity index (χ1v) is 12.2. The Bertz CT molecular complexity index is 1180. The maximum atomic E-state index is 12.8. The first-order chi connectivity index (χ1) is 15.3. The number of halogens is 1. The SMILES string of the molecule is CCN(CC(=O)NCCCNc1ccnc2cc(Cl)ccc12)S(=O)(=O)c1ccc(C)cc1. The van der Waals surface area contributed by atoms with Crippen LogP contribution in [0.3, 0.4) is 0 Å². The van der Waals surface area contributed by atoms with E-state index in [1.807, 2.05) is 31.2 Å². The van der Waals surface area contributed by atoms with E-state index in [0.717, 1.165) is 22.2 Å². The Kier molecular flexibility index (Phi) is 8.06. The van der Waals surface area contributed by atoms with Crippen LogP contribution < -0.4 is 10.6 Å². The third-order valence-corrected chi connectivity index (χ3v) is 7.20. The summed E-state index contributed by atoms with van der Waals surface area (Å²) in [6, 6.07) is 14.1.